The predicted molar refractivity (Wildman–Crippen MR) is 61.3 cm³/mol. The van der Waals surface area contributed by atoms with Crippen molar-refractivity contribution in [1.82, 2.24) is 4.90 Å². The number of ether oxygens (including phenoxy) is 1. The van der Waals surface area contributed by atoms with Gasteiger partial charge in [-0.25, -0.2) is 0 Å². The third kappa shape index (κ3) is 2.93. The molecule has 0 aromatic carbocycles. The van der Waals surface area contributed by atoms with Crippen molar-refractivity contribution in [2.45, 2.75) is 37.8 Å². The van der Waals surface area contributed by atoms with Crippen molar-refractivity contribution in [2.75, 3.05) is 26.8 Å². The Morgan fingerprint density at radius 3 is 2.81 bits per heavy atom. The van der Waals surface area contributed by atoms with E-state index in [1.807, 2.05) is 0 Å². The number of nitrogens with zero attached hydrogens (tertiary/aromatic N) is 1. The van der Waals surface area contributed by atoms with Crippen LogP contribution >= 0.6 is 0 Å². The summed E-state index contributed by atoms with van der Waals surface area (Å²) in [5.41, 5.74) is 4.83. The first-order chi connectivity index (χ1) is 7.53. The van der Waals surface area contributed by atoms with Gasteiger partial charge in [-0.05, 0) is 25.8 Å². The third-order valence-corrected chi connectivity index (χ3v) is 3.45. The van der Waals surface area contributed by atoms with Crippen LogP contribution in [0.4, 0.5) is 0 Å². The topological polar surface area (TPSA) is 75.8 Å². The minimum Gasteiger partial charge on any atom is -0.480 e. The van der Waals surface area contributed by atoms with Gasteiger partial charge < -0.3 is 15.6 Å². The van der Waals surface area contributed by atoms with Crippen LogP contribution in [0.1, 0.15) is 26.2 Å². The van der Waals surface area contributed by atoms with Crippen LogP contribution in [0, 0.1) is 0 Å². The number of carbonyl (C=O) groups is 1. The maximum absolute atomic E-state index is 11.0. The molecule has 5 nitrogen and oxygen atoms in total. The molecule has 0 heterocycles. The van der Waals surface area contributed by atoms with Crippen LogP contribution in [0.3, 0.4) is 0 Å². The van der Waals surface area contributed by atoms with E-state index in [0.29, 0.717) is 19.4 Å². The fourth-order valence-electron chi connectivity index (χ4n) is 2.36. The molecule has 0 radical (unpaired) electrons. The van der Waals surface area contributed by atoms with E-state index >= 15 is 0 Å². The van der Waals surface area contributed by atoms with Crippen LogP contribution in [0.25, 0.3) is 0 Å². The van der Waals surface area contributed by atoms with Gasteiger partial charge in [0.2, 0.25) is 0 Å². The molecule has 0 aromatic heterocycles. The van der Waals surface area contributed by atoms with Crippen LogP contribution in [-0.4, -0.2) is 54.4 Å². The molecule has 1 rings (SSSR count). The maximum atomic E-state index is 11.0. The monoisotopic (exact) mass is 230 g/mol. The molecule has 1 aliphatic carbocycles. The van der Waals surface area contributed by atoms with E-state index in [9.17, 15) is 4.79 Å². The van der Waals surface area contributed by atoms with Gasteiger partial charge in [-0.2, -0.15) is 0 Å². The molecular weight excluding hydrogens is 208 g/mol. The molecule has 1 fully saturated rings. The van der Waals surface area contributed by atoms with Crippen LogP contribution in [-0.2, 0) is 9.53 Å². The van der Waals surface area contributed by atoms with E-state index in [0.717, 1.165) is 19.5 Å². The van der Waals surface area contributed by atoms with Crippen LogP contribution in [0.15, 0.2) is 0 Å². The van der Waals surface area contributed by atoms with Crippen molar-refractivity contribution < 1.29 is 14.6 Å². The molecule has 1 aliphatic rings. The number of carboxylic acid groups (broad SMARTS) is 1. The number of rotatable bonds is 6. The summed E-state index contributed by atoms with van der Waals surface area (Å²) in [6.07, 6.45) is 1.97. The Labute approximate surface area is 96.6 Å². The molecule has 5 heteroatoms. The number of hydrogen-bond acceptors (Lipinski definition) is 4. The lowest BCUT2D eigenvalue weighted by molar-refractivity contribution is -0.143. The summed E-state index contributed by atoms with van der Waals surface area (Å²) in [6, 6.07) is 0.279. The zero-order valence-corrected chi connectivity index (χ0v) is 10.1. The second-order valence-corrected chi connectivity index (χ2v) is 4.48. The normalized spacial score (nSPS) is 29.9. The van der Waals surface area contributed by atoms with Gasteiger partial charge in [0.05, 0.1) is 6.61 Å². The number of nitrogens with two attached hydrogens (primary N) is 1. The fourth-order valence-corrected chi connectivity index (χ4v) is 2.36. The number of carboxylic acids is 1. The molecule has 0 bridgehead atoms. The highest BCUT2D eigenvalue weighted by Crippen LogP contribution is 2.31. The molecular formula is C11H22N2O3. The number of likely N-dealkylation sites (N-methyl/N-ethyl adjacent to an activating group) is 1. The number of methoxy groups -OCH3 is 1. The quantitative estimate of drug-likeness (QED) is 0.686. The molecule has 0 aliphatic heterocycles. The standard InChI is InChI=1S/C11H22N2O3/c1-3-13(6-7-16-2)9-4-5-11(12,8-9)10(14)15/h9H,3-8,12H2,1-2H3,(H,14,15). The Morgan fingerprint density at radius 1 is 1.69 bits per heavy atom. The van der Waals surface area contributed by atoms with Crippen LogP contribution < -0.4 is 5.73 Å². The fraction of sp³-hybridized carbons (Fsp3) is 0.909. The minimum atomic E-state index is -1.02. The molecule has 2 atom stereocenters. The van der Waals surface area contributed by atoms with Gasteiger partial charge in [-0.15, -0.1) is 0 Å². The van der Waals surface area contributed by atoms with Gasteiger partial charge in [0.25, 0.3) is 0 Å². The van der Waals surface area contributed by atoms with E-state index < -0.39 is 11.5 Å². The molecule has 0 spiro atoms. The molecule has 0 amide bonds. The summed E-state index contributed by atoms with van der Waals surface area (Å²) in [7, 11) is 1.67. The molecule has 3 N–H and O–H groups in total. The van der Waals surface area contributed by atoms with E-state index in [-0.39, 0.29) is 6.04 Å². The maximum Gasteiger partial charge on any atom is 0.323 e. The van der Waals surface area contributed by atoms with E-state index in [4.69, 9.17) is 15.6 Å². The second kappa shape index (κ2) is 5.61. The van der Waals surface area contributed by atoms with Crippen molar-refractivity contribution in [1.29, 1.82) is 0 Å². The molecule has 0 saturated heterocycles. The first kappa shape index (κ1) is 13.4. The van der Waals surface area contributed by atoms with Crippen molar-refractivity contribution in [3.8, 4) is 0 Å². The van der Waals surface area contributed by atoms with E-state index in [1.54, 1.807) is 7.11 Å². The summed E-state index contributed by atoms with van der Waals surface area (Å²) < 4.78 is 5.04. The molecule has 94 valence electrons. The average Bonchev–Trinajstić information content (AvgIpc) is 2.64. The average molecular weight is 230 g/mol. The third-order valence-electron chi connectivity index (χ3n) is 3.45. The van der Waals surface area contributed by atoms with Gasteiger partial charge in [-0.1, -0.05) is 6.92 Å². The minimum absolute atomic E-state index is 0.279. The summed E-state index contributed by atoms with van der Waals surface area (Å²) >= 11 is 0. The summed E-state index contributed by atoms with van der Waals surface area (Å²) in [5, 5.41) is 9.05. The Balaban J connectivity index is 2.53. The number of hydrogen-bond donors (Lipinski definition) is 2. The van der Waals surface area contributed by atoms with Crippen molar-refractivity contribution in [3.63, 3.8) is 0 Å². The van der Waals surface area contributed by atoms with Crippen LogP contribution in [0.2, 0.25) is 0 Å². The Kier molecular flexibility index (Phi) is 4.70. The molecule has 0 aromatic rings. The Hall–Kier alpha value is -0.650. The smallest absolute Gasteiger partial charge is 0.323 e. The highest BCUT2D eigenvalue weighted by atomic mass is 16.5. The second-order valence-electron chi connectivity index (χ2n) is 4.48. The zero-order chi connectivity index (χ0) is 12.2. The zero-order valence-electron chi connectivity index (χ0n) is 10.1. The Bertz CT molecular complexity index is 247. The number of aliphatic carboxylic acids is 1. The summed E-state index contributed by atoms with van der Waals surface area (Å²) in [5.74, 6) is -0.877. The van der Waals surface area contributed by atoms with E-state index in [1.165, 1.54) is 0 Å². The highest BCUT2D eigenvalue weighted by molar-refractivity contribution is 5.79. The lowest BCUT2D eigenvalue weighted by Crippen LogP contribution is -2.47. The summed E-state index contributed by atoms with van der Waals surface area (Å²) in [4.78, 5) is 13.3. The molecule has 2 unspecified atom stereocenters. The first-order valence-electron chi connectivity index (χ1n) is 5.78. The lowest BCUT2D eigenvalue weighted by atomic mass is 9.99. The lowest BCUT2D eigenvalue weighted by Gasteiger charge is -2.28. The van der Waals surface area contributed by atoms with Gasteiger partial charge in [-0.3, -0.25) is 9.69 Å². The highest BCUT2D eigenvalue weighted by Gasteiger charge is 2.43. The van der Waals surface area contributed by atoms with Crippen LogP contribution in [0.5, 0.6) is 0 Å². The van der Waals surface area contributed by atoms with Gasteiger partial charge in [0, 0.05) is 19.7 Å². The molecule has 1 saturated carbocycles. The molecule has 16 heavy (non-hydrogen) atoms. The van der Waals surface area contributed by atoms with Gasteiger partial charge in [0.1, 0.15) is 5.54 Å². The summed E-state index contributed by atoms with van der Waals surface area (Å²) in [6.45, 7) is 4.50. The van der Waals surface area contributed by atoms with Crippen molar-refractivity contribution in [2.24, 2.45) is 5.73 Å². The van der Waals surface area contributed by atoms with Gasteiger partial charge >= 0.3 is 5.97 Å². The SMILES string of the molecule is CCN(CCOC)C1CCC(N)(C(=O)O)C1. The van der Waals surface area contributed by atoms with E-state index in [2.05, 4.69) is 11.8 Å². The largest absolute Gasteiger partial charge is 0.480 e. The predicted octanol–water partition coefficient (Wildman–Crippen LogP) is 0.289. The Morgan fingerprint density at radius 2 is 2.38 bits per heavy atom. The first-order valence-corrected chi connectivity index (χ1v) is 5.78. The van der Waals surface area contributed by atoms with Crippen molar-refractivity contribution in [3.05, 3.63) is 0 Å². The van der Waals surface area contributed by atoms with Gasteiger partial charge in [0.15, 0.2) is 0 Å². The van der Waals surface area contributed by atoms with Crippen molar-refractivity contribution >= 4 is 5.97 Å².